The van der Waals surface area contributed by atoms with E-state index in [1.54, 1.807) is 29.1 Å². The molecule has 0 aliphatic carbocycles. The van der Waals surface area contributed by atoms with Crippen LogP contribution < -0.4 is 11.3 Å². The molecule has 4 heterocycles. The molecule has 3 N–H and O–H groups in total. The van der Waals surface area contributed by atoms with Crippen molar-refractivity contribution in [1.82, 2.24) is 24.2 Å². The Bertz CT molecular complexity index is 1770. The Morgan fingerprint density at radius 3 is 2.46 bits per heavy atom. The standard InChI is InChI=1S/C31H33FN6O2S/c1-20-13-26(41-17-20)23-7-8-24(25(32)14-23)16-37-11-9-31(40,10-12-37)18-38-19-34-27-28(30(38)39)35-36(2)29(27)22-5-3-21(15-33)4-6-22/h3-8,13-14,17,19,40H,9-12,15-16,18,33H2,1-2H3. The van der Waals surface area contributed by atoms with Gasteiger partial charge in [-0.2, -0.15) is 5.10 Å². The molecule has 0 atom stereocenters. The van der Waals surface area contributed by atoms with Crippen LogP contribution in [0, 0.1) is 12.7 Å². The van der Waals surface area contributed by atoms with Crippen LogP contribution in [-0.2, 0) is 26.7 Å². The average Bonchev–Trinajstić information content (AvgIpc) is 3.55. The summed E-state index contributed by atoms with van der Waals surface area (Å²) in [4.78, 5) is 21.2. The third-order valence-electron chi connectivity index (χ3n) is 7.99. The topological polar surface area (TPSA) is 102 Å². The highest BCUT2D eigenvalue weighted by atomic mass is 32.1. The monoisotopic (exact) mass is 572 g/mol. The van der Waals surface area contributed by atoms with E-state index in [4.69, 9.17) is 5.73 Å². The van der Waals surface area contributed by atoms with E-state index >= 15 is 0 Å². The fraction of sp³-hybridized carbons (Fsp3) is 0.323. The van der Waals surface area contributed by atoms with Gasteiger partial charge in [-0.05, 0) is 54.0 Å². The summed E-state index contributed by atoms with van der Waals surface area (Å²) < 4.78 is 18.1. The summed E-state index contributed by atoms with van der Waals surface area (Å²) >= 11 is 1.61. The number of rotatable bonds is 7. The van der Waals surface area contributed by atoms with Crippen LogP contribution in [-0.4, -0.2) is 48.0 Å². The minimum absolute atomic E-state index is 0.128. The summed E-state index contributed by atoms with van der Waals surface area (Å²) in [5.74, 6) is -0.217. The Morgan fingerprint density at radius 2 is 1.80 bits per heavy atom. The van der Waals surface area contributed by atoms with E-state index in [1.165, 1.54) is 16.5 Å². The molecule has 1 saturated heterocycles. The second-order valence-electron chi connectivity index (χ2n) is 11.0. The summed E-state index contributed by atoms with van der Waals surface area (Å²) in [6.07, 6.45) is 2.43. The second-order valence-corrected chi connectivity index (χ2v) is 12.0. The first-order chi connectivity index (χ1) is 19.7. The lowest BCUT2D eigenvalue weighted by molar-refractivity contribution is -0.0366. The number of hydrogen-bond donors (Lipinski definition) is 2. The van der Waals surface area contributed by atoms with Crippen LogP contribution in [0.25, 0.3) is 32.7 Å². The zero-order valence-electron chi connectivity index (χ0n) is 23.2. The third kappa shape index (κ3) is 5.48. The quantitative estimate of drug-likeness (QED) is 0.299. The van der Waals surface area contributed by atoms with Crippen LogP contribution in [0.3, 0.4) is 0 Å². The third-order valence-corrected chi connectivity index (χ3v) is 9.09. The van der Waals surface area contributed by atoms with Gasteiger partial charge in [-0.25, -0.2) is 9.37 Å². The van der Waals surface area contributed by atoms with Crippen molar-refractivity contribution >= 4 is 22.4 Å². The Kier molecular flexibility index (Phi) is 7.33. The Balaban J connectivity index is 1.14. The molecule has 1 aliphatic heterocycles. The number of nitrogens with zero attached hydrogens (tertiary/aromatic N) is 5. The molecule has 0 radical (unpaired) electrons. The Labute approximate surface area is 241 Å². The predicted molar refractivity (Wildman–Crippen MR) is 160 cm³/mol. The van der Waals surface area contributed by atoms with Gasteiger partial charge in [-0.15, -0.1) is 11.3 Å². The summed E-state index contributed by atoms with van der Waals surface area (Å²) in [6.45, 7) is 4.28. The molecule has 5 aromatic rings. The van der Waals surface area contributed by atoms with E-state index < -0.39 is 5.60 Å². The zero-order valence-corrected chi connectivity index (χ0v) is 24.0. The van der Waals surface area contributed by atoms with E-state index in [2.05, 4.69) is 26.4 Å². The van der Waals surface area contributed by atoms with Gasteiger partial charge < -0.3 is 10.8 Å². The Morgan fingerprint density at radius 1 is 1.07 bits per heavy atom. The van der Waals surface area contributed by atoms with Crippen molar-refractivity contribution in [2.24, 2.45) is 12.8 Å². The van der Waals surface area contributed by atoms with E-state index in [9.17, 15) is 14.3 Å². The SMILES string of the molecule is Cc1csc(-c2ccc(CN3CCC(O)(Cn4cnc5c(-c6ccc(CN)cc6)n(C)nc5c4=O)CC3)c(F)c2)c1. The van der Waals surface area contributed by atoms with Crippen molar-refractivity contribution in [2.75, 3.05) is 13.1 Å². The van der Waals surface area contributed by atoms with Gasteiger partial charge >= 0.3 is 0 Å². The molecular formula is C31H33FN6O2S. The second kappa shape index (κ2) is 10.9. The van der Waals surface area contributed by atoms with Crippen LogP contribution in [0.4, 0.5) is 4.39 Å². The Hall–Kier alpha value is -3.70. The molecule has 3 aromatic heterocycles. The molecule has 8 nitrogen and oxygen atoms in total. The van der Waals surface area contributed by atoms with Crippen molar-refractivity contribution in [2.45, 2.75) is 45.0 Å². The highest BCUT2D eigenvalue weighted by molar-refractivity contribution is 7.13. The fourth-order valence-electron chi connectivity index (χ4n) is 5.58. The van der Waals surface area contributed by atoms with Gasteiger partial charge in [0.05, 0.1) is 24.2 Å². The van der Waals surface area contributed by atoms with Crippen molar-refractivity contribution < 1.29 is 9.50 Å². The number of likely N-dealkylation sites (tertiary alicyclic amines) is 1. The summed E-state index contributed by atoms with van der Waals surface area (Å²) in [7, 11) is 1.79. The highest BCUT2D eigenvalue weighted by Crippen LogP contribution is 2.30. The summed E-state index contributed by atoms with van der Waals surface area (Å²) in [5, 5.41) is 17.9. The first-order valence-corrected chi connectivity index (χ1v) is 14.6. The molecule has 10 heteroatoms. The van der Waals surface area contributed by atoms with Gasteiger partial charge in [-0.3, -0.25) is 18.9 Å². The first kappa shape index (κ1) is 27.5. The number of thiophene rings is 1. The van der Waals surface area contributed by atoms with Crippen LogP contribution in [0.2, 0.25) is 0 Å². The number of benzene rings is 2. The predicted octanol–water partition coefficient (Wildman–Crippen LogP) is 4.46. The van der Waals surface area contributed by atoms with Crippen molar-refractivity contribution in [3.05, 3.63) is 93.1 Å². The molecule has 6 rings (SSSR count). The lowest BCUT2D eigenvalue weighted by atomic mass is 9.91. The zero-order chi connectivity index (χ0) is 28.7. The molecule has 1 fully saturated rings. The molecule has 0 spiro atoms. The largest absolute Gasteiger partial charge is 0.388 e. The van der Waals surface area contributed by atoms with E-state index in [0.717, 1.165) is 27.3 Å². The normalized spacial score (nSPS) is 15.5. The van der Waals surface area contributed by atoms with Crippen LogP contribution >= 0.6 is 11.3 Å². The maximum absolute atomic E-state index is 15.0. The summed E-state index contributed by atoms with van der Waals surface area (Å²) in [5.41, 5.74) is 10.5. The molecule has 2 aromatic carbocycles. The number of nitrogens with two attached hydrogens (primary N) is 1. The van der Waals surface area contributed by atoms with Gasteiger partial charge in [0.1, 0.15) is 11.3 Å². The molecule has 212 valence electrons. The minimum atomic E-state index is -1.06. The van der Waals surface area contributed by atoms with Crippen LogP contribution in [0.1, 0.15) is 29.5 Å². The molecule has 0 unspecified atom stereocenters. The number of aromatic nitrogens is 4. The van der Waals surface area contributed by atoms with Crippen molar-refractivity contribution in [3.63, 3.8) is 0 Å². The maximum Gasteiger partial charge on any atom is 0.281 e. The average molecular weight is 573 g/mol. The molecule has 0 bridgehead atoms. The van der Waals surface area contributed by atoms with Crippen LogP contribution in [0.15, 0.2) is 65.0 Å². The van der Waals surface area contributed by atoms with Crippen LogP contribution in [0.5, 0.6) is 0 Å². The number of aliphatic hydroxyl groups is 1. The lowest BCUT2D eigenvalue weighted by Gasteiger charge is -2.38. The number of piperidine rings is 1. The highest BCUT2D eigenvalue weighted by Gasteiger charge is 2.33. The van der Waals surface area contributed by atoms with Gasteiger partial charge in [0, 0.05) is 49.2 Å². The van der Waals surface area contributed by atoms with Crippen molar-refractivity contribution in [3.8, 4) is 21.7 Å². The van der Waals surface area contributed by atoms with Gasteiger partial charge in [-0.1, -0.05) is 36.4 Å². The summed E-state index contributed by atoms with van der Waals surface area (Å²) in [6, 6.07) is 15.3. The molecular weight excluding hydrogens is 539 g/mol. The smallest absolute Gasteiger partial charge is 0.281 e. The first-order valence-electron chi connectivity index (χ1n) is 13.7. The fourth-order valence-corrected chi connectivity index (χ4v) is 6.48. The number of aryl methyl sites for hydroxylation is 2. The van der Waals surface area contributed by atoms with E-state index in [0.29, 0.717) is 50.1 Å². The van der Waals surface area contributed by atoms with Crippen molar-refractivity contribution in [1.29, 1.82) is 0 Å². The number of hydrogen-bond acceptors (Lipinski definition) is 7. The van der Waals surface area contributed by atoms with Gasteiger partial charge in [0.25, 0.3) is 5.56 Å². The lowest BCUT2D eigenvalue weighted by Crippen LogP contribution is -2.47. The number of halogens is 1. The minimum Gasteiger partial charge on any atom is -0.388 e. The van der Waals surface area contributed by atoms with E-state index in [1.807, 2.05) is 43.3 Å². The molecule has 0 amide bonds. The molecule has 0 saturated carbocycles. The molecule has 1 aliphatic rings. The van der Waals surface area contributed by atoms with Gasteiger partial charge in [0.15, 0.2) is 5.52 Å². The van der Waals surface area contributed by atoms with Gasteiger partial charge in [0.2, 0.25) is 0 Å². The van der Waals surface area contributed by atoms with E-state index in [-0.39, 0.29) is 23.4 Å². The number of fused-ring (bicyclic) bond motifs is 1. The molecule has 41 heavy (non-hydrogen) atoms. The maximum atomic E-state index is 15.0.